The molecule has 0 spiro atoms. The van der Waals surface area contributed by atoms with E-state index in [1.165, 1.54) is 0 Å². The van der Waals surface area contributed by atoms with Crippen LogP contribution in [0.5, 0.6) is 0 Å². The largest absolute Gasteiger partial charge is 0.478 e. The van der Waals surface area contributed by atoms with Crippen LogP contribution in [0.3, 0.4) is 0 Å². The van der Waals surface area contributed by atoms with Crippen molar-refractivity contribution in [3.8, 4) is 0 Å². The first kappa shape index (κ1) is 17.7. The Bertz CT molecular complexity index is 659. The van der Waals surface area contributed by atoms with Gasteiger partial charge in [-0.25, -0.2) is 18.4 Å². The summed E-state index contributed by atoms with van der Waals surface area (Å²) < 4.78 is 102. The van der Waals surface area contributed by atoms with Crippen LogP contribution in [0.4, 0.5) is 35.1 Å². The molecule has 0 heterocycles. The molecule has 0 radical (unpaired) electrons. The molecule has 2 N–H and O–H groups in total. The first-order valence-electron chi connectivity index (χ1n) is 4.87. The number of hydrogen-bond donors (Lipinski definition) is 2. The Kier molecular flexibility index (Phi) is 4.09. The first-order valence-corrected chi connectivity index (χ1v) is 4.87. The first-order chi connectivity index (χ1) is 9.71. The molecule has 0 aliphatic carbocycles. The Hall–Kier alpha value is -2.40. The van der Waals surface area contributed by atoms with E-state index in [4.69, 9.17) is 10.2 Å². The third kappa shape index (κ3) is 2.80. The van der Waals surface area contributed by atoms with Crippen molar-refractivity contribution in [1.82, 2.24) is 0 Å². The Morgan fingerprint density at radius 1 is 0.682 bits per heavy atom. The number of carboxylic acid groups (broad SMARTS) is 2. The van der Waals surface area contributed by atoms with E-state index in [9.17, 15) is 44.7 Å². The Labute approximate surface area is 114 Å². The van der Waals surface area contributed by atoms with Gasteiger partial charge in [-0.2, -0.15) is 26.3 Å². The van der Waals surface area contributed by atoms with Gasteiger partial charge in [-0.1, -0.05) is 0 Å². The molecule has 1 aromatic carbocycles. The van der Waals surface area contributed by atoms with Crippen molar-refractivity contribution in [3.05, 3.63) is 33.9 Å². The van der Waals surface area contributed by atoms with Crippen LogP contribution in [-0.2, 0) is 12.4 Å². The molecule has 1 aromatic rings. The van der Waals surface area contributed by atoms with E-state index >= 15 is 0 Å². The maximum Gasteiger partial charge on any atom is 0.419 e. The second-order valence-corrected chi connectivity index (χ2v) is 3.73. The molecule has 0 atom stereocenters. The molecule has 22 heavy (non-hydrogen) atoms. The zero-order valence-corrected chi connectivity index (χ0v) is 9.73. The highest BCUT2D eigenvalue weighted by molar-refractivity contribution is 6.03. The third-order valence-corrected chi connectivity index (χ3v) is 2.38. The predicted octanol–water partition coefficient (Wildman–Crippen LogP) is 3.40. The molecule has 0 saturated heterocycles. The van der Waals surface area contributed by atoms with E-state index in [-0.39, 0.29) is 0 Å². The zero-order chi connectivity index (χ0) is 17.6. The summed E-state index contributed by atoms with van der Waals surface area (Å²) in [4.78, 5) is 21.3. The molecular weight excluding hydrogens is 336 g/mol. The van der Waals surface area contributed by atoms with Gasteiger partial charge in [-0.3, -0.25) is 0 Å². The molecule has 12 heteroatoms. The van der Waals surface area contributed by atoms with Crippen molar-refractivity contribution in [2.75, 3.05) is 0 Å². The molecule has 0 bridgehead atoms. The van der Waals surface area contributed by atoms with Crippen molar-refractivity contribution in [2.45, 2.75) is 12.4 Å². The molecule has 0 aromatic heterocycles. The lowest BCUT2D eigenvalue weighted by Gasteiger charge is -2.20. The molecule has 122 valence electrons. The van der Waals surface area contributed by atoms with Gasteiger partial charge in [0.2, 0.25) is 0 Å². The van der Waals surface area contributed by atoms with Crippen LogP contribution in [0.1, 0.15) is 31.8 Å². The smallest absolute Gasteiger partial charge is 0.419 e. The summed E-state index contributed by atoms with van der Waals surface area (Å²) in [5.41, 5.74) is -11.2. The second kappa shape index (κ2) is 5.10. The molecule has 0 unspecified atom stereocenters. The van der Waals surface area contributed by atoms with E-state index in [0.29, 0.717) is 0 Å². The van der Waals surface area contributed by atoms with E-state index in [0.717, 1.165) is 0 Å². The van der Waals surface area contributed by atoms with Gasteiger partial charge >= 0.3 is 24.3 Å². The van der Waals surface area contributed by atoms with Gasteiger partial charge in [-0.05, 0) is 0 Å². The fourth-order valence-electron chi connectivity index (χ4n) is 1.65. The average Bonchev–Trinajstić information content (AvgIpc) is 2.27. The van der Waals surface area contributed by atoms with Gasteiger partial charge in [0.1, 0.15) is 11.1 Å². The minimum Gasteiger partial charge on any atom is -0.478 e. The maximum atomic E-state index is 13.3. The topological polar surface area (TPSA) is 74.6 Å². The Balaban J connectivity index is 4.23. The number of hydrogen-bond acceptors (Lipinski definition) is 2. The van der Waals surface area contributed by atoms with Gasteiger partial charge in [-0.15, -0.1) is 0 Å². The highest BCUT2D eigenvalue weighted by Gasteiger charge is 2.51. The summed E-state index contributed by atoms with van der Waals surface area (Å²) in [6.07, 6.45) is -12.2. The minimum absolute atomic E-state index is 2.36. The van der Waals surface area contributed by atoms with Crippen molar-refractivity contribution in [2.24, 2.45) is 0 Å². The third-order valence-electron chi connectivity index (χ3n) is 2.38. The van der Waals surface area contributed by atoms with Crippen LogP contribution in [-0.4, -0.2) is 22.2 Å². The Morgan fingerprint density at radius 3 is 1.32 bits per heavy atom. The molecule has 0 amide bonds. The van der Waals surface area contributed by atoms with Crippen molar-refractivity contribution >= 4 is 11.9 Å². The van der Waals surface area contributed by atoms with E-state index < -0.39 is 58.2 Å². The van der Waals surface area contributed by atoms with Crippen LogP contribution in [0, 0.1) is 11.6 Å². The number of aromatic carboxylic acids is 2. The normalized spacial score (nSPS) is 12.4. The summed E-state index contributed by atoms with van der Waals surface area (Å²) in [5.74, 6) is -11.5. The van der Waals surface area contributed by atoms with Gasteiger partial charge in [0.15, 0.2) is 11.6 Å². The lowest BCUT2D eigenvalue weighted by atomic mass is 9.93. The van der Waals surface area contributed by atoms with Crippen LogP contribution in [0.2, 0.25) is 0 Å². The zero-order valence-electron chi connectivity index (χ0n) is 9.73. The fraction of sp³-hybridized carbons (Fsp3) is 0.200. The quantitative estimate of drug-likeness (QED) is 0.811. The molecular formula is C10H2F8O4. The molecule has 0 aliphatic rings. The number of carboxylic acids is 2. The van der Waals surface area contributed by atoms with E-state index in [1.54, 1.807) is 0 Å². The summed E-state index contributed by atoms with van der Waals surface area (Å²) in [5, 5.41) is 17.0. The molecule has 4 nitrogen and oxygen atoms in total. The summed E-state index contributed by atoms with van der Waals surface area (Å²) in [7, 11) is 0. The summed E-state index contributed by atoms with van der Waals surface area (Å²) >= 11 is 0. The standard InChI is InChI=1S/C10H2F8O4/c11-5-2(8(21)22)1(7(19)20)3(9(13,14)15)4(6(5)12)10(16,17)18/h(H,19,20)(H,21,22). The van der Waals surface area contributed by atoms with Crippen LogP contribution < -0.4 is 0 Å². The fourth-order valence-corrected chi connectivity index (χ4v) is 1.65. The van der Waals surface area contributed by atoms with Crippen LogP contribution in [0.15, 0.2) is 0 Å². The predicted molar refractivity (Wildman–Crippen MR) is 50.3 cm³/mol. The number of alkyl halides is 6. The van der Waals surface area contributed by atoms with E-state index in [2.05, 4.69) is 0 Å². The average molecular weight is 338 g/mol. The van der Waals surface area contributed by atoms with Crippen molar-refractivity contribution in [1.29, 1.82) is 0 Å². The number of halogens is 8. The maximum absolute atomic E-state index is 13.3. The van der Waals surface area contributed by atoms with Crippen molar-refractivity contribution in [3.63, 3.8) is 0 Å². The monoisotopic (exact) mass is 338 g/mol. The van der Waals surface area contributed by atoms with Crippen LogP contribution >= 0.6 is 0 Å². The van der Waals surface area contributed by atoms with Gasteiger partial charge < -0.3 is 10.2 Å². The summed E-state index contributed by atoms with van der Waals surface area (Å²) in [6.45, 7) is 0. The lowest BCUT2D eigenvalue weighted by Crippen LogP contribution is -2.27. The second-order valence-electron chi connectivity index (χ2n) is 3.73. The molecule has 0 saturated carbocycles. The number of rotatable bonds is 2. The van der Waals surface area contributed by atoms with Gasteiger partial charge in [0.05, 0.1) is 11.1 Å². The van der Waals surface area contributed by atoms with Gasteiger partial charge in [0.25, 0.3) is 0 Å². The highest BCUT2D eigenvalue weighted by atomic mass is 19.4. The minimum atomic E-state index is -6.11. The highest BCUT2D eigenvalue weighted by Crippen LogP contribution is 2.45. The summed E-state index contributed by atoms with van der Waals surface area (Å²) in [6, 6.07) is 0. The number of benzene rings is 1. The van der Waals surface area contributed by atoms with Gasteiger partial charge in [0, 0.05) is 0 Å². The lowest BCUT2D eigenvalue weighted by molar-refractivity contribution is -0.164. The molecule has 0 fully saturated rings. The van der Waals surface area contributed by atoms with E-state index in [1.807, 2.05) is 0 Å². The van der Waals surface area contributed by atoms with Crippen LogP contribution in [0.25, 0.3) is 0 Å². The van der Waals surface area contributed by atoms with Crippen molar-refractivity contribution < 1.29 is 54.9 Å². The Morgan fingerprint density at radius 2 is 1.05 bits per heavy atom. The molecule has 0 aliphatic heterocycles. The SMILES string of the molecule is O=C(O)c1c(F)c(F)c(C(F)(F)F)c(C(F)(F)F)c1C(=O)O. The molecule has 1 rings (SSSR count). The number of carbonyl (C=O) groups is 2.